The molecule has 0 unspecified atom stereocenters. The minimum Gasteiger partial charge on any atom is -0.369 e. The molecule has 0 aliphatic carbocycles. The van der Waals surface area contributed by atoms with Crippen LogP contribution in [0.4, 0.5) is 0 Å². The molecule has 2 N–H and O–H groups in total. The van der Waals surface area contributed by atoms with Crippen molar-refractivity contribution in [3.05, 3.63) is 28.2 Å². The molecule has 5 nitrogen and oxygen atoms in total. The zero-order chi connectivity index (χ0) is 15.3. The van der Waals surface area contributed by atoms with Crippen molar-refractivity contribution in [2.45, 2.75) is 24.7 Å². The highest BCUT2D eigenvalue weighted by Gasteiger charge is 2.27. The van der Waals surface area contributed by atoms with Crippen molar-refractivity contribution in [3.63, 3.8) is 0 Å². The van der Waals surface area contributed by atoms with Gasteiger partial charge in [0.15, 0.2) is 0 Å². The molecule has 1 amide bonds. The van der Waals surface area contributed by atoms with Crippen molar-refractivity contribution < 1.29 is 13.2 Å². The Morgan fingerprint density at radius 3 is 2.55 bits per heavy atom. The molecular formula is C12H16Cl2N2O3S. The lowest BCUT2D eigenvalue weighted by Gasteiger charge is -2.21. The van der Waals surface area contributed by atoms with Crippen LogP contribution in [-0.2, 0) is 14.8 Å². The number of carbonyl (C=O) groups is 1. The number of halogens is 2. The van der Waals surface area contributed by atoms with E-state index in [4.69, 9.17) is 28.9 Å². The summed E-state index contributed by atoms with van der Waals surface area (Å²) in [6, 6.07) is 4.16. The number of benzene rings is 1. The third kappa shape index (κ3) is 4.34. The van der Waals surface area contributed by atoms with E-state index in [2.05, 4.69) is 0 Å². The van der Waals surface area contributed by atoms with Gasteiger partial charge < -0.3 is 5.73 Å². The molecule has 0 spiro atoms. The van der Waals surface area contributed by atoms with Crippen LogP contribution in [-0.4, -0.2) is 31.7 Å². The summed E-state index contributed by atoms with van der Waals surface area (Å²) in [6.07, 6.45) is 1.40. The third-order valence-electron chi connectivity index (χ3n) is 2.60. The van der Waals surface area contributed by atoms with E-state index in [-0.39, 0.29) is 28.0 Å². The first-order valence-corrected chi connectivity index (χ1v) is 8.22. The van der Waals surface area contributed by atoms with Crippen LogP contribution < -0.4 is 5.73 Å². The van der Waals surface area contributed by atoms with E-state index in [1.165, 1.54) is 18.2 Å². The minimum absolute atomic E-state index is 0.0559. The maximum atomic E-state index is 12.5. The first kappa shape index (κ1) is 17.2. The molecule has 0 aromatic heterocycles. The van der Waals surface area contributed by atoms with Crippen LogP contribution >= 0.6 is 23.2 Å². The van der Waals surface area contributed by atoms with E-state index >= 15 is 0 Å². The fraction of sp³-hybridized carbons (Fsp3) is 0.417. The summed E-state index contributed by atoms with van der Waals surface area (Å²) in [7, 11) is -3.91. The molecule has 0 aliphatic rings. The number of primary amides is 1. The summed E-state index contributed by atoms with van der Waals surface area (Å²) < 4.78 is 26.1. The Labute approximate surface area is 128 Å². The van der Waals surface area contributed by atoms with Crippen LogP contribution in [0.3, 0.4) is 0 Å². The fourth-order valence-corrected chi connectivity index (χ4v) is 3.79. The highest BCUT2D eigenvalue weighted by Crippen LogP contribution is 2.27. The van der Waals surface area contributed by atoms with Gasteiger partial charge in [-0.15, -0.1) is 0 Å². The van der Waals surface area contributed by atoms with Crippen LogP contribution in [0.25, 0.3) is 0 Å². The molecule has 20 heavy (non-hydrogen) atoms. The SMILES string of the molecule is CCCCN(CC(N)=O)S(=O)(=O)c1cc(Cl)ccc1Cl. The number of nitrogens with two attached hydrogens (primary N) is 1. The second-order valence-corrected chi connectivity index (χ2v) is 6.98. The summed E-state index contributed by atoms with van der Waals surface area (Å²) in [6.45, 7) is 1.73. The lowest BCUT2D eigenvalue weighted by Crippen LogP contribution is -2.39. The Morgan fingerprint density at radius 1 is 1.35 bits per heavy atom. The second-order valence-electron chi connectivity index (χ2n) is 4.23. The molecular weight excluding hydrogens is 323 g/mol. The van der Waals surface area contributed by atoms with Gasteiger partial charge in [-0.3, -0.25) is 4.79 Å². The van der Waals surface area contributed by atoms with Crippen molar-refractivity contribution in [1.29, 1.82) is 0 Å². The molecule has 112 valence electrons. The highest BCUT2D eigenvalue weighted by atomic mass is 35.5. The van der Waals surface area contributed by atoms with Crippen LogP contribution in [0.1, 0.15) is 19.8 Å². The number of carbonyl (C=O) groups excluding carboxylic acids is 1. The van der Waals surface area contributed by atoms with Crippen LogP contribution in [0.15, 0.2) is 23.1 Å². The van der Waals surface area contributed by atoms with Gasteiger partial charge in [-0.25, -0.2) is 8.42 Å². The van der Waals surface area contributed by atoms with Crippen molar-refractivity contribution in [2.75, 3.05) is 13.1 Å². The average Bonchev–Trinajstić information content (AvgIpc) is 2.36. The molecule has 0 aliphatic heterocycles. The molecule has 0 heterocycles. The van der Waals surface area contributed by atoms with E-state index in [9.17, 15) is 13.2 Å². The first-order valence-electron chi connectivity index (χ1n) is 6.02. The maximum absolute atomic E-state index is 12.5. The van der Waals surface area contributed by atoms with E-state index in [0.717, 1.165) is 10.7 Å². The maximum Gasteiger partial charge on any atom is 0.245 e. The van der Waals surface area contributed by atoms with Crippen molar-refractivity contribution in [3.8, 4) is 0 Å². The zero-order valence-corrected chi connectivity index (χ0v) is 13.3. The van der Waals surface area contributed by atoms with E-state index in [1.54, 1.807) is 0 Å². The van der Waals surface area contributed by atoms with Crippen LogP contribution in [0.2, 0.25) is 10.0 Å². The number of hydrogen-bond donors (Lipinski definition) is 1. The number of nitrogens with zero attached hydrogens (tertiary/aromatic N) is 1. The number of sulfonamides is 1. The summed E-state index contributed by atoms with van der Waals surface area (Å²) in [4.78, 5) is 10.9. The van der Waals surface area contributed by atoms with Gasteiger partial charge in [-0.1, -0.05) is 36.5 Å². The lowest BCUT2D eigenvalue weighted by atomic mass is 10.3. The second kappa shape index (κ2) is 7.26. The molecule has 0 saturated carbocycles. The highest BCUT2D eigenvalue weighted by molar-refractivity contribution is 7.89. The number of amides is 1. The Morgan fingerprint density at radius 2 is 2.00 bits per heavy atom. The Hall–Kier alpha value is -0.820. The Kier molecular flexibility index (Phi) is 6.26. The van der Waals surface area contributed by atoms with Gasteiger partial charge in [0.05, 0.1) is 11.6 Å². The molecule has 0 atom stereocenters. The van der Waals surface area contributed by atoms with Crippen molar-refractivity contribution in [2.24, 2.45) is 5.73 Å². The zero-order valence-electron chi connectivity index (χ0n) is 11.0. The van der Waals surface area contributed by atoms with Crippen LogP contribution in [0.5, 0.6) is 0 Å². The van der Waals surface area contributed by atoms with Crippen LogP contribution in [0, 0.1) is 0 Å². The quantitative estimate of drug-likeness (QED) is 0.827. The summed E-state index contributed by atoms with van der Waals surface area (Å²) in [5.74, 6) is -0.720. The van der Waals surface area contributed by atoms with Crippen molar-refractivity contribution >= 4 is 39.1 Å². The molecule has 0 bridgehead atoms. The largest absolute Gasteiger partial charge is 0.369 e. The molecule has 1 rings (SSSR count). The van der Waals surface area contributed by atoms with E-state index in [1.807, 2.05) is 6.92 Å². The molecule has 1 aromatic rings. The van der Waals surface area contributed by atoms with Gasteiger partial charge in [0.25, 0.3) is 0 Å². The number of hydrogen-bond acceptors (Lipinski definition) is 3. The van der Waals surface area contributed by atoms with Gasteiger partial charge in [0.2, 0.25) is 15.9 Å². The molecule has 0 radical (unpaired) electrons. The lowest BCUT2D eigenvalue weighted by molar-refractivity contribution is -0.118. The fourth-order valence-electron chi connectivity index (χ4n) is 1.61. The van der Waals surface area contributed by atoms with Gasteiger partial charge in [0, 0.05) is 11.6 Å². The Balaban J connectivity index is 3.20. The van der Waals surface area contributed by atoms with Crippen molar-refractivity contribution in [1.82, 2.24) is 4.31 Å². The van der Waals surface area contributed by atoms with Gasteiger partial charge in [0.1, 0.15) is 4.90 Å². The predicted molar refractivity (Wildman–Crippen MR) is 79.3 cm³/mol. The number of unbranched alkanes of at least 4 members (excludes halogenated alkanes) is 1. The van der Waals surface area contributed by atoms with Gasteiger partial charge >= 0.3 is 0 Å². The summed E-state index contributed by atoms with van der Waals surface area (Å²) >= 11 is 11.7. The molecule has 0 saturated heterocycles. The predicted octanol–water partition coefficient (Wildman–Crippen LogP) is 2.27. The van der Waals surface area contributed by atoms with E-state index < -0.39 is 15.9 Å². The number of rotatable bonds is 7. The Bertz CT molecular complexity index is 590. The standard InChI is InChI=1S/C12H16Cl2N2O3S/c1-2-3-6-16(8-12(15)17)20(18,19)11-7-9(13)4-5-10(11)14/h4-5,7H,2-3,6,8H2,1H3,(H2,15,17). The van der Waals surface area contributed by atoms with E-state index in [0.29, 0.717) is 6.42 Å². The summed E-state index contributed by atoms with van der Waals surface area (Å²) in [5, 5.41) is 0.308. The topological polar surface area (TPSA) is 80.5 Å². The van der Waals surface area contributed by atoms with Gasteiger partial charge in [-0.05, 0) is 24.6 Å². The smallest absolute Gasteiger partial charge is 0.245 e. The third-order valence-corrected chi connectivity index (χ3v) is 5.17. The summed E-state index contributed by atoms with van der Waals surface area (Å²) in [5.41, 5.74) is 5.10. The minimum atomic E-state index is -3.91. The average molecular weight is 339 g/mol. The molecule has 0 fully saturated rings. The van der Waals surface area contributed by atoms with Gasteiger partial charge in [-0.2, -0.15) is 4.31 Å². The molecule has 8 heteroatoms. The first-order chi connectivity index (χ1) is 9.28. The normalized spacial score (nSPS) is 11.8. The molecule has 1 aromatic carbocycles. The monoisotopic (exact) mass is 338 g/mol.